The Morgan fingerprint density at radius 1 is 1.13 bits per heavy atom. The van der Waals surface area contributed by atoms with E-state index >= 15 is 0 Å². The summed E-state index contributed by atoms with van der Waals surface area (Å²) in [6.07, 6.45) is 7.18. The number of hydrogen-bond acceptors (Lipinski definition) is 8. The van der Waals surface area contributed by atoms with Crippen LogP contribution in [0.4, 0.5) is 16.2 Å². The quantitative estimate of drug-likeness (QED) is 0.348. The number of anilines is 2. The predicted octanol–water partition coefficient (Wildman–Crippen LogP) is 4.52. The minimum atomic E-state index is -0.991. The van der Waals surface area contributed by atoms with Gasteiger partial charge in [0, 0.05) is 49.7 Å². The lowest BCUT2D eigenvalue weighted by atomic mass is 9.91. The fourth-order valence-electron chi connectivity index (χ4n) is 4.85. The summed E-state index contributed by atoms with van der Waals surface area (Å²) in [4.78, 5) is 15.2. The third-order valence-electron chi connectivity index (χ3n) is 6.77. The number of imidazole rings is 1. The van der Waals surface area contributed by atoms with Crippen molar-refractivity contribution in [1.29, 1.82) is 0 Å². The van der Waals surface area contributed by atoms with Gasteiger partial charge in [-0.05, 0) is 7.05 Å². The summed E-state index contributed by atoms with van der Waals surface area (Å²) < 4.78 is 26.2. The Kier molecular flexibility index (Phi) is 5.76. The molecule has 1 aliphatic rings. The molecule has 1 fully saturated rings. The molecule has 0 amide bonds. The van der Waals surface area contributed by atoms with E-state index in [0.29, 0.717) is 58.1 Å². The third-order valence-corrected chi connectivity index (χ3v) is 7.14. The summed E-state index contributed by atoms with van der Waals surface area (Å²) in [5, 5.41) is 12.7. The van der Waals surface area contributed by atoms with Crippen molar-refractivity contribution < 1.29 is 9.13 Å². The standard InChI is InChI=1S/C25H28ClFN10O/c1-25(2,3)19-8-20(33-37(19)16-13-34(4)12-14(16)27)31-24-32-23-22(35(24)5)21(26)18(10-29-23)38-17-11-30-36-7-6-28-9-15(17)36/h6-11,14,16H,12-13H2,1-5H3,(H,29,31,32,33)/t14-,16?/m0/s1. The first-order valence-electron chi connectivity index (χ1n) is 12.3. The van der Waals surface area contributed by atoms with Crippen molar-refractivity contribution in [3.8, 4) is 11.5 Å². The number of halogens is 2. The van der Waals surface area contributed by atoms with Crippen LogP contribution in [-0.4, -0.2) is 70.1 Å². The molecule has 11 nitrogen and oxygen atoms in total. The molecule has 38 heavy (non-hydrogen) atoms. The molecule has 5 aromatic rings. The zero-order valence-corrected chi connectivity index (χ0v) is 22.5. The van der Waals surface area contributed by atoms with E-state index in [9.17, 15) is 4.39 Å². The number of alkyl halides is 1. The van der Waals surface area contributed by atoms with Crippen LogP contribution in [0.2, 0.25) is 5.02 Å². The molecule has 13 heteroatoms. The third kappa shape index (κ3) is 4.13. The SMILES string of the molecule is CN1CC(n2nc(Nc3nc4ncc(Oc5cnn6ccncc56)c(Cl)c4n3C)cc2C(C)(C)C)[C@@H](F)C1. The van der Waals surface area contributed by atoms with Gasteiger partial charge in [0.05, 0.1) is 24.6 Å². The van der Waals surface area contributed by atoms with E-state index in [2.05, 4.69) is 46.1 Å². The number of aryl methyl sites for hydroxylation is 1. The van der Waals surface area contributed by atoms with Gasteiger partial charge in [-0.1, -0.05) is 32.4 Å². The molecule has 6 heterocycles. The topological polar surface area (TPSA) is 103 Å². The molecule has 6 rings (SSSR count). The average molecular weight is 539 g/mol. The van der Waals surface area contributed by atoms with E-state index in [-0.39, 0.29) is 11.5 Å². The molecule has 0 saturated carbocycles. The molecule has 1 N–H and O–H groups in total. The molecule has 0 aromatic carbocycles. The van der Waals surface area contributed by atoms with Gasteiger partial charge in [-0.3, -0.25) is 9.67 Å². The minimum Gasteiger partial charge on any atom is -0.450 e. The predicted molar refractivity (Wildman–Crippen MR) is 142 cm³/mol. The van der Waals surface area contributed by atoms with Crippen molar-refractivity contribution in [2.24, 2.45) is 7.05 Å². The largest absolute Gasteiger partial charge is 0.450 e. The zero-order chi connectivity index (χ0) is 26.8. The number of hydrogen-bond donors (Lipinski definition) is 1. The molecule has 1 saturated heterocycles. The normalized spacial score (nSPS) is 18.6. The highest BCUT2D eigenvalue weighted by atomic mass is 35.5. The molecule has 1 unspecified atom stereocenters. The highest BCUT2D eigenvalue weighted by Crippen LogP contribution is 2.37. The zero-order valence-electron chi connectivity index (χ0n) is 21.7. The van der Waals surface area contributed by atoms with Gasteiger partial charge in [-0.25, -0.2) is 13.9 Å². The van der Waals surface area contributed by atoms with Crippen molar-refractivity contribution in [3.05, 3.63) is 47.8 Å². The summed E-state index contributed by atoms with van der Waals surface area (Å²) in [6, 6.07) is 1.60. The van der Waals surface area contributed by atoms with Crippen molar-refractivity contribution in [1.82, 2.24) is 43.8 Å². The number of nitrogens with one attached hydrogen (secondary N) is 1. The van der Waals surface area contributed by atoms with Gasteiger partial charge in [-0.2, -0.15) is 15.2 Å². The second-order valence-electron chi connectivity index (χ2n) is 10.7. The maximum atomic E-state index is 14.9. The van der Waals surface area contributed by atoms with Crippen LogP contribution in [0.25, 0.3) is 16.7 Å². The Bertz CT molecular complexity index is 1650. The minimum absolute atomic E-state index is 0.231. The molecule has 1 aliphatic heterocycles. The highest BCUT2D eigenvalue weighted by Gasteiger charge is 2.36. The van der Waals surface area contributed by atoms with E-state index in [1.807, 2.05) is 29.7 Å². The van der Waals surface area contributed by atoms with Gasteiger partial charge in [0.15, 0.2) is 23.0 Å². The van der Waals surface area contributed by atoms with Crippen LogP contribution in [0.1, 0.15) is 32.5 Å². The average Bonchev–Trinajstić information content (AvgIpc) is 3.62. The van der Waals surface area contributed by atoms with Crippen LogP contribution in [0.5, 0.6) is 11.5 Å². The summed E-state index contributed by atoms with van der Waals surface area (Å²) >= 11 is 6.77. The molecule has 5 aromatic heterocycles. The molecule has 0 radical (unpaired) electrons. The lowest BCUT2D eigenvalue weighted by molar-refractivity contribution is 0.258. The van der Waals surface area contributed by atoms with Crippen LogP contribution in [0.3, 0.4) is 0 Å². The molecule has 0 bridgehead atoms. The molecule has 0 spiro atoms. The fourth-order valence-corrected chi connectivity index (χ4v) is 5.15. The smallest absolute Gasteiger partial charge is 0.210 e. The number of likely N-dealkylation sites (tertiary alicyclic amines) is 1. The van der Waals surface area contributed by atoms with E-state index < -0.39 is 6.17 Å². The molecule has 0 aliphatic carbocycles. The first-order valence-corrected chi connectivity index (χ1v) is 12.6. The van der Waals surface area contributed by atoms with Crippen molar-refractivity contribution in [3.63, 3.8) is 0 Å². The first-order chi connectivity index (χ1) is 18.1. The van der Waals surface area contributed by atoms with E-state index in [0.717, 1.165) is 5.69 Å². The number of ether oxygens (including phenoxy) is 1. The summed E-state index contributed by atoms with van der Waals surface area (Å²) in [5.74, 6) is 1.94. The molecular weight excluding hydrogens is 511 g/mol. The van der Waals surface area contributed by atoms with Gasteiger partial charge in [0.1, 0.15) is 22.2 Å². The van der Waals surface area contributed by atoms with E-state index in [1.54, 1.807) is 33.9 Å². The Hall–Kier alpha value is -3.77. The van der Waals surface area contributed by atoms with Gasteiger partial charge in [-0.15, -0.1) is 0 Å². The Labute approximate surface area is 223 Å². The van der Waals surface area contributed by atoms with Crippen molar-refractivity contribution in [2.45, 2.75) is 38.4 Å². The second kappa shape index (κ2) is 8.91. The molecular formula is C25H28ClFN10O. The lowest BCUT2D eigenvalue weighted by Crippen LogP contribution is -2.27. The Morgan fingerprint density at radius 3 is 2.68 bits per heavy atom. The van der Waals surface area contributed by atoms with Crippen LogP contribution in [-0.2, 0) is 12.5 Å². The number of fused-ring (bicyclic) bond motifs is 2. The van der Waals surface area contributed by atoms with Crippen molar-refractivity contribution in [2.75, 3.05) is 25.5 Å². The number of nitrogens with zero attached hydrogens (tertiary/aromatic N) is 9. The molecule has 198 valence electrons. The van der Waals surface area contributed by atoms with E-state index in [1.165, 1.54) is 6.20 Å². The Balaban J connectivity index is 1.34. The number of rotatable bonds is 5. The number of pyridine rings is 1. The van der Waals surface area contributed by atoms with Crippen molar-refractivity contribution >= 4 is 40.0 Å². The van der Waals surface area contributed by atoms with Crippen LogP contribution >= 0.6 is 11.6 Å². The second-order valence-corrected chi connectivity index (χ2v) is 11.0. The highest BCUT2D eigenvalue weighted by molar-refractivity contribution is 6.36. The first kappa shape index (κ1) is 24.6. The van der Waals surface area contributed by atoms with Gasteiger partial charge < -0.3 is 19.5 Å². The van der Waals surface area contributed by atoms with Gasteiger partial charge in [0.25, 0.3) is 0 Å². The Morgan fingerprint density at radius 2 is 1.95 bits per heavy atom. The van der Waals surface area contributed by atoms with Crippen LogP contribution in [0.15, 0.2) is 37.1 Å². The fraction of sp³-hybridized carbons (Fsp3) is 0.400. The maximum absolute atomic E-state index is 14.9. The van der Waals surface area contributed by atoms with Crippen LogP contribution in [0, 0.1) is 0 Å². The van der Waals surface area contributed by atoms with Gasteiger partial charge >= 0.3 is 0 Å². The maximum Gasteiger partial charge on any atom is 0.210 e. The molecule has 2 atom stereocenters. The van der Waals surface area contributed by atoms with Gasteiger partial charge in [0.2, 0.25) is 5.95 Å². The summed E-state index contributed by atoms with van der Waals surface area (Å²) in [7, 11) is 3.76. The lowest BCUT2D eigenvalue weighted by Gasteiger charge is -2.24. The van der Waals surface area contributed by atoms with E-state index in [4.69, 9.17) is 21.4 Å². The number of aromatic nitrogens is 8. The van der Waals surface area contributed by atoms with Crippen LogP contribution < -0.4 is 10.1 Å². The summed E-state index contributed by atoms with van der Waals surface area (Å²) in [6.45, 7) is 7.27. The monoisotopic (exact) mass is 538 g/mol. The number of likely N-dealkylation sites (N-methyl/N-ethyl adjacent to an activating group) is 1. The summed E-state index contributed by atoms with van der Waals surface area (Å²) in [5.41, 5.74) is 2.45.